The largest absolute Gasteiger partial charge is 0.391 e. The van der Waals surface area contributed by atoms with Gasteiger partial charge in [-0.1, -0.05) is 44.2 Å². The molecule has 10 amide bonds. The number of nitrogens with two attached hydrogens (primary N) is 3. The van der Waals surface area contributed by atoms with Crippen LogP contribution in [0, 0.1) is 5.92 Å². The average Bonchev–Trinajstić information content (AvgIpc) is 3.30. The SMILES string of the molecule is CC(=O)N[C@H](C(=O)N[C@H]1CCCN([C@H]2CCNC(=O)[C@H]([C@@H](C)O)NC(=O)[C@H](CCN)NC(=O)[C@H](CCN)NC(=O)[C@H](CC(C)C)NC(=O)[C@@H](Cc3ccccc3)NC(=O)[C@H](CCN)NC2=O)C1=O)[C@@H](C)O. The van der Waals surface area contributed by atoms with E-state index in [1.165, 1.54) is 13.8 Å². The van der Waals surface area contributed by atoms with Crippen LogP contribution in [-0.4, -0.2) is 173 Å². The van der Waals surface area contributed by atoms with Gasteiger partial charge in [0.2, 0.25) is 59.1 Å². The van der Waals surface area contributed by atoms with Crippen molar-refractivity contribution in [2.45, 2.75) is 153 Å². The molecule has 25 nitrogen and oxygen atoms in total. The molecule has 0 saturated carbocycles. The van der Waals surface area contributed by atoms with Gasteiger partial charge in [0.15, 0.2) is 0 Å². The normalized spacial score (nSPS) is 26.3. The zero-order valence-corrected chi connectivity index (χ0v) is 41.2. The Morgan fingerprint density at radius 3 is 1.68 bits per heavy atom. The lowest BCUT2D eigenvalue weighted by molar-refractivity contribution is -0.147. The lowest BCUT2D eigenvalue weighted by atomic mass is 9.99. The monoisotopic (exact) mass is 1000 g/mol. The molecule has 25 heteroatoms. The summed E-state index contributed by atoms with van der Waals surface area (Å²) in [7, 11) is 0. The number of carbonyl (C=O) groups excluding carboxylic acids is 10. The third-order valence-electron chi connectivity index (χ3n) is 11.9. The van der Waals surface area contributed by atoms with Gasteiger partial charge >= 0.3 is 0 Å². The summed E-state index contributed by atoms with van der Waals surface area (Å²) in [4.78, 5) is 139. The molecule has 1 aromatic carbocycles. The topological polar surface area (TPSA) is 401 Å². The van der Waals surface area contributed by atoms with Crippen molar-refractivity contribution >= 4 is 59.1 Å². The molecular weight excluding hydrogens is 927 g/mol. The second-order valence-corrected chi connectivity index (χ2v) is 18.3. The van der Waals surface area contributed by atoms with Crippen LogP contribution in [0.1, 0.15) is 85.1 Å². The zero-order chi connectivity index (χ0) is 52.9. The minimum absolute atomic E-state index is 0.0340. The first-order valence-electron chi connectivity index (χ1n) is 24.1. The first kappa shape index (κ1) is 59.0. The fourth-order valence-corrected chi connectivity index (χ4v) is 8.18. The summed E-state index contributed by atoms with van der Waals surface area (Å²) in [5, 5.41) is 44.1. The number of carbonyl (C=O) groups is 10. The number of benzene rings is 1. The Kier molecular flexibility index (Phi) is 24.2. The van der Waals surface area contributed by atoms with Crippen LogP contribution in [0.5, 0.6) is 0 Å². The molecule has 396 valence electrons. The predicted molar refractivity (Wildman–Crippen MR) is 257 cm³/mol. The van der Waals surface area contributed by atoms with Crippen molar-refractivity contribution in [1.82, 2.24) is 52.8 Å². The zero-order valence-electron chi connectivity index (χ0n) is 41.2. The van der Waals surface area contributed by atoms with Crippen molar-refractivity contribution in [3.05, 3.63) is 35.9 Å². The molecular formula is C46H75N13O12. The van der Waals surface area contributed by atoms with E-state index in [0.717, 1.165) is 11.8 Å². The highest BCUT2D eigenvalue weighted by atomic mass is 16.3. The molecule has 71 heavy (non-hydrogen) atoms. The van der Waals surface area contributed by atoms with Crippen LogP contribution in [-0.2, 0) is 54.4 Å². The highest BCUT2D eigenvalue weighted by molar-refractivity contribution is 5.99. The minimum Gasteiger partial charge on any atom is -0.391 e. The van der Waals surface area contributed by atoms with Gasteiger partial charge in [-0.15, -0.1) is 0 Å². The fourth-order valence-electron chi connectivity index (χ4n) is 8.18. The van der Waals surface area contributed by atoms with Gasteiger partial charge in [0.25, 0.3) is 0 Å². The van der Waals surface area contributed by atoms with Crippen molar-refractivity contribution in [3.8, 4) is 0 Å². The number of nitrogens with zero attached hydrogens (tertiary/aromatic N) is 1. The standard InChI is InChI=1S/C46H75N13O12/c1-24(2)22-33-41(66)53-29(13-17-47)38(63)52-31(15-19-49)40(65)58-36(25(3)60)44(69)50-20-16-35(59-21-9-12-32(46(59)71)55-45(70)37(26(4)61)51-27(5)62)43(68)54-30(14-18-48)39(64)57-34(42(67)56-33)23-28-10-7-6-8-11-28/h6-8,10-11,24-26,29-37,60-61H,9,12-23,47-49H2,1-5H3,(H,50,69)(H,51,62)(H,52,63)(H,53,66)(H,54,68)(H,55,70)(H,56,67)(H,57,64)(H,58,65)/t25-,26-,29+,30+,31+,32+,33+,34-,35+,36+,37+/m1/s1. The predicted octanol–water partition coefficient (Wildman–Crippen LogP) is -5.51. The highest BCUT2D eigenvalue weighted by Crippen LogP contribution is 2.19. The lowest BCUT2D eigenvalue weighted by Crippen LogP contribution is -2.63. The van der Waals surface area contributed by atoms with E-state index >= 15 is 0 Å². The van der Waals surface area contributed by atoms with Gasteiger partial charge in [-0.25, -0.2) is 0 Å². The number of aliphatic hydroxyl groups is 2. The van der Waals surface area contributed by atoms with Crippen LogP contribution in [0.4, 0.5) is 0 Å². The summed E-state index contributed by atoms with van der Waals surface area (Å²) in [6.45, 7) is 6.51. The van der Waals surface area contributed by atoms with Crippen molar-refractivity contribution in [2.24, 2.45) is 23.1 Å². The molecule has 0 aromatic heterocycles. The quantitative estimate of drug-likeness (QED) is 0.0735. The number of amides is 10. The van der Waals surface area contributed by atoms with Crippen molar-refractivity contribution in [3.63, 3.8) is 0 Å². The second kappa shape index (κ2) is 29.2. The van der Waals surface area contributed by atoms with Gasteiger partial charge in [-0.05, 0) is 89.9 Å². The van der Waals surface area contributed by atoms with Crippen LogP contribution in [0.15, 0.2) is 30.3 Å². The summed E-state index contributed by atoms with van der Waals surface area (Å²) < 4.78 is 0. The number of piperidine rings is 1. The van der Waals surface area contributed by atoms with Crippen LogP contribution in [0.3, 0.4) is 0 Å². The van der Waals surface area contributed by atoms with E-state index in [1.54, 1.807) is 44.2 Å². The van der Waals surface area contributed by atoms with Gasteiger partial charge in [0.1, 0.15) is 54.4 Å². The number of aliphatic hydroxyl groups excluding tert-OH is 2. The fraction of sp³-hybridized carbons (Fsp3) is 0.652. The molecule has 0 bridgehead atoms. The molecule has 0 unspecified atom stereocenters. The third-order valence-corrected chi connectivity index (χ3v) is 11.9. The Hall–Kier alpha value is -6.28. The van der Waals surface area contributed by atoms with E-state index in [1.807, 2.05) is 0 Å². The molecule has 2 heterocycles. The number of nitrogens with one attached hydrogen (secondary N) is 9. The summed E-state index contributed by atoms with van der Waals surface area (Å²) in [5.41, 5.74) is 18.2. The van der Waals surface area contributed by atoms with E-state index in [4.69, 9.17) is 17.2 Å². The first-order valence-corrected chi connectivity index (χ1v) is 24.1. The molecule has 2 fully saturated rings. The van der Waals surface area contributed by atoms with Crippen LogP contribution in [0.2, 0.25) is 0 Å². The molecule has 2 saturated heterocycles. The van der Waals surface area contributed by atoms with Gasteiger partial charge < -0.3 is 80.2 Å². The van der Waals surface area contributed by atoms with E-state index in [9.17, 15) is 58.2 Å². The molecule has 2 aliphatic heterocycles. The molecule has 1 aromatic rings. The van der Waals surface area contributed by atoms with Gasteiger partial charge in [0, 0.05) is 26.4 Å². The molecule has 0 spiro atoms. The molecule has 0 aliphatic carbocycles. The minimum atomic E-state index is -1.63. The number of hydrogen-bond acceptors (Lipinski definition) is 15. The van der Waals surface area contributed by atoms with Crippen LogP contribution in [0.25, 0.3) is 0 Å². The Labute approximate surface area is 413 Å². The average molecular weight is 1000 g/mol. The van der Waals surface area contributed by atoms with Crippen molar-refractivity contribution in [1.29, 1.82) is 0 Å². The van der Waals surface area contributed by atoms with E-state index in [2.05, 4.69) is 47.9 Å². The van der Waals surface area contributed by atoms with E-state index in [0.29, 0.717) is 5.56 Å². The number of rotatable bonds is 16. The molecule has 0 radical (unpaired) electrons. The second-order valence-electron chi connectivity index (χ2n) is 18.3. The van der Waals surface area contributed by atoms with Gasteiger partial charge in [-0.3, -0.25) is 47.9 Å². The molecule has 17 N–H and O–H groups in total. The van der Waals surface area contributed by atoms with Crippen molar-refractivity contribution < 1.29 is 58.2 Å². The van der Waals surface area contributed by atoms with Crippen LogP contribution < -0.4 is 65.1 Å². The van der Waals surface area contributed by atoms with E-state index in [-0.39, 0.29) is 90.0 Å². The first-order chi connectivity index (χ1) is 33.6. The van der Waals surface area contributed by atoms with Gasteiger partial charge in [0.05, 0.1) is 12.2 Å². The Morgan fingerprint density at radius 2 is 1.17 bits per heavy atom. The van der Waals surface area contributed by atoms with Crippen LogP contribution >= 0.6 is 0 Å². The summed E-state index contributed by atoms with van der Waals surface area (Å²) in [6, 6.07) is -3.83. The molecule has 11 atom stereocenters. The molecule has 3 rings (SSSR count). The number of hydrogen-bond donors (Lipinski definition) is 14. The Balaban J connectivity index is 2.15. The van der Waals surface area contributed by atoms with E-state index < -0.39 is 126 Å². The summed E-state index contributed by atoms with van der Waals surface area (Å²) in [6.07, 6.45) is -3.25. The maximum absolute atomic E-state index is 14.6. The Bertz CT molecular complexity index is 2010. The summed E-state index contributed by atoms with van der Waals surface area (Å²) in [5.74, 6) is -8.40. The molecule has 2 aliphatic rings. The Morgan fingerprint density at radius 1 is 0.676 bits per heavy atom. The smallest absolute Gasteiger partial charge is 0.245 e. The maximum atomic E-state index is 14.6. The lowest BCUT2D eigenvalue weighted by Gasteiger charge is -2.38. The summed E-state index contributed by atoms with van der Waals surface area (Å²) >= 11 is 0. The maximum Gasteiger partial charge on any atom is 0.245 e. The number of likely N-dealkylation sites (tertiary alicyclic amines) is 1. The highest BCUT2D eigenvalue weighted by Gasteiger charge is 2.41. The van der Waals surface area contributed by atoms with Gasteiger partial charge in [-0.2, -0.15) is 0 Å². The van der Waals surface area contributed by atoms with Crippen molar-refractivity contribution in [2.75, 3.05) is 32.7 Å². The third kappa shape index (κ3) is 18.4.